The number of hydrogen-bond donors (Lipinski definition) is 0. The molecule has 1 aliphatic carbocycles. The zero-order valence-electron chi connectivity index (χ0n) is 12.0. The second-order valence-electron chi connectivity index (χ2n) is 5.85. The van der Waals surface area contributed by atoms with Gasteiger partial charge in [0, 0.05) is 12.6 Å². The molecule has 1 aliphatic heterocycles. The monoisotopic (exact) mass is 265 g/mol. The summed E-state index contributed by atoms with van der Waals surface area (Å²) in [5, 5.41) is 0. The van der Waals surface area contributed by atoms with Crippen LogP contribution in [0.4, 0.5) is 0 Å². The second kappa shape index (κ2) is 4.35. The highest BCUT2D eigenvalue weighted by atomic mass is 16.5. The number of nitrogens with zero attached hydrogens (tertiary/aromatic N) is 1. The first-order valence-corrected chi connectivity index (χ1v) is 7.27. The molecule has 0 unspecified atom stereocenters. The molecule has 0 radical (unpaired) electrons. The molecule has 1 atom stereocenters. The smallest absolute Gasteiger partial charge is 0.119 e. The van der Waals surface area contributed by atoms with Crippen molar-refractivity contribution >= 4 is 0 Å². The Morgan fingerprint density at radius 2 is 2.00 bits per heavy atom. The lowest BCUT2D eigenvalue weighted by Crippen LogP contribution is -2.35. The third kappa shape index (κ3) is 1.61. The Hall–Kier alpha value is -1.80. The van der Waals surface area contributed by atoms with Crippen LogP contribution in [0, 0.1) is 0 Å². The van der Waals surface area contributed by atoms with Crippen LogP contribution in [-0.2, 0) is 12.8 Å². The number of ether oxygens (including phenoxy) is 1. The van der Waals surface area contributed by atoms with E-state index < -0.39 is 0 Å². The Morgan fingerprint density at radius 1 is 1.10 bits per heavy atom. The minimum absolute atomic E-state index is 0.538. The summed E-state index contributed by atoms with van der Waals surface area (Å²) in [5.41, 5.74) is 7.27. The van der Waals surface area contributed by atoms with Gasteiger partial charge in [-0.05, 0) is 59.8 Å². The van der Waals surface area contributed by atoms with Crippen LogP contribution in [0.5, 0.6) is 5.75 Å². The van der Waals surface area contributed by atoms with E-state index in [-0.39, 0.29) is 0 Å². The third-order valence-corrected chi connectivity index (χ3v) is 4.82. The van der Waals surface area contributed by atoms with Gasteiger partial charge in [-0.1, -0.05) is 24.3 Å². The molecule has 20 heavy (non-hydrogen) atoms. The average Bonchev–Trinajstić information content (AvgIpc) is 2.50. The van der Waals surface area contributed by atoms with Crippen molar-refractivity contribution in [3.8, 4) is 16.9 Å². The molecule has 4 rings (SSSR count). The first-order valence-electron chi connectivity index (χ1n) is 7.27. The first kappa shape index (κ1) is 12.0. The van der Waals surface area contributed by atoms with Crippen LogP contribution in [0.3, 0.4) is 0 Å². The molecule has 0 amide bonds. The Kier molecular flexibility index (Phi) is 2.61. The highest BCUT2D eigenvalue weighted by Gasteiger charge is 2.32. The lowest BCUT2D eigenvalue weighted by molar-refractivity contribution is 0.228. The summed E-state index contributed by atoms with van der Waals surface area (Å²) < 4.78 is 5.40. The number of likely N-dealkylation sites (N-methyl/N-ethyl adjacent to an activating group) is 1. The Bertz CT molecular complexity index is 677. The summed E-state index contributed by atoms with van der Waals surface area (Å²) in [6.45, 7) is 1.16. The molecule has 0 N–H and O–H groups in total. The van der Waals surface area contributed by atoms with Crippen LogP contribution >= 0.6 is 0 Å². The van der Waals surface area contributed by atoms with Gasteiger partial charge < -0.3 is 4.74 Å². The van der Waals surface area contributed by atoms with Gasteiger partial charge in [0.1, 0.15) is 5.75 Å². The maximum atomic E-state index is 5.40. The topological polar surface area (TPSA) is 12.5 Å². The van der Waals surface area contributed by atoms with E-state index in [0.717, 1.165) is 25.1 Å². The van der Waals surface area contributed by atoms with E-state index in [2.05, 4.69) is 48.3 Å². The summed E-state index contributed by atoms with van der Waals surface area (Å²) in [6.07, 6.45) is 2.27. The van der Waals surface area contributed by atoms with Gasteiger partial charge in [0.25, 0.3) is 0 Å². The molecule has 2 aromatic carbocycles. The molecule has 0 aromatic heterocycles. The fourth-order valence-corrected chi connectivity index (χ4v) is 3.71. The molecule has 1 heterocycles. The Morgan fingerprint density at radius 3 is 2.85 bits per heavy atom. The van der Waals surface area contributed by atoms with Gasteiger partial charge in [-0.3, -0.25) is 4.90 Å². The lowest BCUT2D eigenvalue weighted by Gasteiger charge is -2.39. The van der Waals surface area contributed by atoms with E-state index in [1.165, 1.54) is 22.3 Å². The van der Waals surface area contributed by atoms with Crippen LogP contribution in [0.1, 0.15) is 22.7 Å². The molecule has 0 bridgehead atoms. The van der Waals surface area contributed by atoms with Crippen molar-refractivity contribution in [1.82, 2.24) is 4.90 Å². The van der Waals surface area contributed by atoms with Crippen LogP contribution in [0.25, 0.3) is 11.1 Å². The minimum atomic E-state index is 0.538. The van der Waals surface area contributed by atoms with Gasteiger partial charge in [-0.2, -0.15) is 0 Å². The van der Waals surface area contributed by atoms with Crippen LogP contribution in [0.15, 0.2) is 36.4 Å². The van der Waals surface area contributed by atoms with E-state index in [1.807, 2.05) is 0 Å². The number of methoxy groups -OCH3 is 1. The highest BCUT2D eigenvalue weighted by Crippen LogP contribution is 2.45. The molecular formula is C18H19NO. The highest BCUT2D eigenvalue weighted by molar-refractivity contribution is 5.76. The lowest BCUT2D eigenvalue weighted by atomic mass is 9.77. The van der Waals surface area contributed by atoms with Crippen molar-refractivity contribution in [2.45, 2.75) is 18.9 Å². The molecule has 0 fully saturated rings. The summed E-state index contributed by atoms with van der Waals surface area (Å²) in [4.78, 5) is 2.50. The number of benzene rings is 2. The van der Waals surface area contributed by atoms with Crippen molar-refractivity contribution in [3.05, 3.63) is 53.1 Å². The first-order chi connectivity index (χ1) is 9.78. The van der Waals surface area contributed by atoms with Crippen LogP contribution in [0.2, 0.25) is 0 Å². The van der Waals surface area contributed by atoms with Gasteiger partial charge in [0.05, 0.1) is 7.11 Å². The molecule has 2 heteroatoms. The maximum Gasteiger partial charge on any atom is 0.119 e. The van der Waals surface area contributed by atoms with E-state index >= 15 is 0 Å². The normalized spacial score (nSPS) is 20.2. The Labute approximate surface area is 120 Å². The van der Waals surface area contributed by atoms with Gasteiger partial charge in [-0.25, -0.2) is 0 Å². The van der Waals surface area contributed by atoms with E-state index in [0.29, 0.717) is 6.04 Å². The molecular weight excluding hydrogens is 246 g/mol. The standard InChI is InChI=1S/C18H19NO/c1-19-9-8-12-4-3-5-15-16-11-14(20-2)7-6-13(16)10-17(19)18(12)15/h3-7,11,17H,8-10H2,1-2H3/t17-/m1/s1. The van der Waals surface area contributed by atoms with Gasteiger partial charge >= 0.3 is 0 Å². The SMILES string of the molecule is COc1ccc2c(c1)-c1cccc3c1[C@@H](C2)N(C)CC3. The van der Waals surface area contributed by atoms with Crippen molar-refractivity contribution in [2.75, 3.05) is 20.7 Å². The van der Waals surface area contributed by atoms with Crippen molar-refractivity contribution < 1.29 is 4.74 Å². The van der Waals surface area contributed by atoms with Gasteiger partial charge in [-0.15, -0.1) is 0 Å². The van der Waals surface area contributed by atoms with Gasteiger partial charge in [0.15, 0.2) is 0 Å². The zero-order valence-corrected chi connectivity index (χ0v) is 12.0. The molecule has 2 nitrogen and oxygen atoms in total. The minimum Gasteiger partial charge on any atom is -0.497 e. The molecule has 0 spiro atoms. The molecule has 2 aromatic rings. The quantitative estimate of drug-likeness (QED) is 0.783. The van der Waals surface area contributed by atoms with Crippen molar-refractivity contribution in [2.24, 2.45) is 0 Å². The summed E-state index contributed by atoms with van der Waals surface area (Å²) in [5.74, 6) is 0.948. The summed E-state index contributed by atoms with van der Waals surface area (Å²) in [7, 11) is 3.99. The van der Waals surface area contributed by atoms with Crippen molar-refractivity contribution in [3.63, 3.8) is 0 Å². The zero-order chi connectivity index (χ0) is 13.7. The van der Waals surface area contributed by atoms with E-state index in [4.69, 9.17) is 4.74 Å². The fourth-order valence-electron chi connectivity index (χ4n) is 3.71. The number of rotatable bonds is 1. The summed E-state index contributed by atoms with van der Waals surface area (Å²) >= 11 is 0. The number of hydrogen-bond acceptors (Lipinski definition) is 2. The largest absolute Gasteiger partial charge is 0.497 e. The number of fused-ring (bicyclic) bond motifs is 2. The third-order valence-electron chi connectivity index (χ3n) is 4.82. The second-order valence-corrected chi connectivity index (χ2v) is 5.85. The van der Waals surface area contributed by atoms with Gasteiger partial charge in [0.2, 0.25) is 0 Å². The predicted octanol–water partition coefficient (Wildman–Crippen LogP) is 3.45. The van der Waals surface area contributed by atoms with Crippen molar-refractivity contribution in [1.29, 1.82) is 0 Å². The van der Waals surface area contributed by atoms with Crippen LogP contribution < -0.4 is 4.74 Å². The predicted molar refractivity (Wildman–Crippen MR) is 81.2 cm³/mol. The summed E-state index contributed by atoms with van der Waals surface area (Å²) in [6, 6.07) is 13.8. The average molecular weight is 265 g/mol. The van der Waals surface area contributed by atoms with Crippen LogP contribution in [-0.4, -0.2) is 25.6 Å². The molecule has 0 saturated carbocycles. The molecule has 0 saturated heterocycles. The maximum absolute atomic E-state index is 5.40. The molecule has 2 aliphatic rings. The Balaban J connectivity index is 1.97. The van der Waals surface area contributed by atoms with E-state index in [9.17, 15) is 0 Å². The molecule has 102 valence electrons. The fraction of sp³-hybridized carbons (Fsp3) is 0.333. The van der Waals surface area contributed by atoms with E-state index in [1.54, 1.807) is 12.7 Å².